The number of benzene rings is 1. The highest BCUT2D eigenvalue weighted by Crippen LogP contribution is 2.20. The number of carbonyl (C=O) groups excluding carboxylic acids is 2. The fourth-order valence-corrected chi connectivity index (χ4v) is 1.51. The van der Waals surface area contributed by atoms with Gasteiger partial charge in [0, 0.05) is 0 Å². The highest BCUT2D eigenvalue weighted by molar-refractivity contribution is 6.09. The second kappa shape index (κ2) is 4.79. The number of rotatable bonds is 5. The Bertz CT molecular complexity index is 371. The summed E-state index contributed by atoms with van der Waals surface area (Å²) in [5.74, 6) is -0.584. The molecule has 1 fully saturated rings. The van der Waals surface area contributed by atoms with Gasteiger partial charge in [0.15, 0.2) is 5.92 Å². The van der Waals surface area contributed by atoms with Crippen LogP contribution in [-0.4, -0.2) is 18.5 Å². The van der Waals surface area contributed by atoms with Gasteiger partial charge in [-0.25, -0.2) is 0 Å². The van der Waals surface area contributed by atoms with E-state index in [0.29, 0.717) is 19.4 Å². The molecule has 0 unspecified atom stereocenters. The van der Waals surface area contributed by atoms with Crippen LogP contribution in [0.3, 0.4) is 0 Å². The predicted octanol–water partition coefficient (Wildman–Crippen LogP) is 1.55. The van der Waals surface area contributed by atoms with Gasteiger partial charge in [0.25, 0.3) is 0 Å². The highest BCUT2D eigenvalue weighted by atomic mass is 16.6. The van der Waals surface area contributed by atoms with Gasteiger partial charge in [-0.2, -0.15) is 0 Å². The monoisotopic (exact) mass is 220 g/mol. The first-order chi connectivity index (χ1) is 7.77. The molecule has 1 heterocycles. The van der Waals surface area contributed by atoms with E-state index < -0.39 is 17.9 Å². The lowest BCUT2D eigenvalue weighted by atomic mass is 10.0. The van der Waals surface area contributed by atoms with E-state index in [0.717, 1.165) is 5.75 Å². The Hall–Kier alpha value is -1.84. The molecule has 0 bridgehead atoms. The SMILES string of the molecule is O=C1OC(=O)C1CCCOc1ccccc1. The number of ether oxygens (including phenoxy) is 2. The van der Waals surface area contributed by atoms with E-state index in [2.05, 4.69) is 4.74 Å². The van der Waals surface area contributed by atoms with E-state index in [-0.39, 0.29) is 0 Å². The van der Waals surface area contributed by atoms with Crippen LogP contribution in [0, 0.1) is 5.92 Å². The van der Waals surface area contributed by atoms with E-state index in [1.54, 1.807) is 0 Å². The van der Waals surface area contributed by atoms with Crippen molar-refractivity contribution in [2.75, 3.05) is 6.61 Å². The molecule has 0 N–H and O–H groups in total. The van der Waals surface area contributed by atoms with Crippen LogP contribution in [0.2, 0.25) is 0 Å². The smallest absolute Gasteiger partial charge is 0.328 e. The Morgan fingerprint density at radius 1 is 1.12 bits per heavy atom. The minimum atomic E-state index is -0.556. The van der Waals surface area contributed by atoms with Crippen molar-refractivity contribution in [1.82, 2.24) is 0 Å². The van der Waals surface area contributed by atoms with Crippen molar-refractivity contribution in [2.24, 2.45) is 5.92 Å². The highest BCUT2D eigenvalue weighted by Gasteiger charge is 2.40. The minimum Gasteiger partial charge on any atom is -0.494 e. The molecule has 0 spiro atoms. The van der Waals surface area contributed by atoms with Crippen molar-refractivity contribution >= 4 is 11.9 Å². The van der Waals surface area contributed by atoms with Crippen LogP contribution in [0.25, 0.3) is 0 Å². The lowest BCUT2D eigenvalue weighted by Gasteiger charge is -2.21. The van der Waals surface area contributed by atoms with Gasteiger partial charge in [0.05, 0.1) is 6.61 Å². The van der Waals surface area contributed by atoms with Crippen LogP contribution in [0.15, 0.2) is 30.3 Å². The lowest BCUT2D eigenvalue weighted by molar-refractivity contribution is -0.184. The zero-order chi connectivity index (χ0) is 11.4. The molecule has 0 aliphatic carbocycles. The van der Waals surface area contributed by atoms with Gasteiger partial charge in [-0.1, -0.05) is 18.2 Å². The first kappa shape index (κ1) is 10.7. The Balaban J connectivity index is 1.66. The maximum absolute atomic E-state index is 10.8. The fraction of sp³-hybridized carbons (Fsp3) is 0.333. The average molecular weight is 220 g/mol. The molecule has 0 radical (unpaired) electrons. The van der Waals surface area contributed by atoms with Crippen LogP contribution in [0.4, 0.5) is 0 Å². The molecule has 0 saturated carbocycles. The molecule has 1 aliphatic rings. The number of hydrogen-bond donors (Lipinski definition) is 0. The van der Waals surface area contributed by atoms with Gasteiger partial charge in [-0.15, -0.1) is 0 Å². The van der Waals surface area contributed by atoms with Gasteiger partial charge in [0.1, 0.15) is 5.75 Å². The van der Waals surface area contributed by atoms with Crippen LogP contribution in [0.5, 0.6) is 5.75 Å². The topological polar surface area (TPSA) is 52.6 Å². The number of carbonyl (C=O) groups is 2. The molecule has 84 valence electrons. The molecule has 1 aliphatic heterocycles. The van der Waals surface area contributed by atoms with Crippen LogP contribution < -0.4 is 4.74 Å². The molecule has 2 rings (SSSR count). The first-order valence-corrected chi connectivity index (χ1v) is 5.21. The second-order valence-electron chi connectivity index (χ2n) is 3.60. The number of esters is 2. The number of para-hydroxylation sites is 1. The normalized spacial score (nSPS) is 15.5. The minimum absolute atomic E-state index is 0.412. The van der Waals surface area contributed by atoms with Crippen molar-refractivity contribution in [2.45, 2.75) is 12.8 Å². The van der Waals surface area contributed by atoms with Gasteiger partial charge in [-0.05, 0) is 25.0 Å². The summed E-state index contributed by atoms with van der Waals surface area (Å²) in [6.07, 6.45) is 1.17. The van der Waals surface area contributed by atoms with Crippen molar-refractivity contribution < 1.29 is 19.1 Å². The summed E-state index contributed by atoms with van der Waals surface area (Å²) in [5, 5.41) is 0. The van der Waals surface area contributed by atoms with E-state index in [9.17, 15) is 9.59 Å². The molecule has 4 nitrogen and oxygen atoms in total. The molecular weight excluding hydrogens is 208 g/mol. The average Bonchev–Trinajstić information content (AvgIpc) is 2.30. The van der Waals surface area contributed by atoms with Crippen LogP contribution in [-0.2, 0) is 14.3 Å². The summed E-state index contributed by atoms with van der Waals surface area (Å²) in [6, 6.07) is 9.42. The van der Waals surface area contributed by atoms with Crippen molar-refractivity contribution in [3.8, 4) is 5.75 Å². The Morgan fingerprint density at radius 2 is 1.81 bits per heavy atom. The maximum Gasteiger partial charge on any atom is 0.328 e. The molecule has 1 aromatic carbocycles. The second-order valence-corrected chi connectivity index (χ2v) is 3.60. The summed E-state index contributed by atoms with van der Waals surface area (Å²) in [6.45, 7) is 0.501. The van der Waals surface area contributed by atoms with Crippen molar-refractivity contribution in [3.05, 3.63) is 30.3 Å². The van der Waals surface area contributed by atoms with Gasteiger partial charge in [0.2, 0.25) is 0 Å². The molecule has 0 aromatic heterocycles. The third kappa shape index (κ3) is 2.39. The molecule has 0 atom stereocenters. The molecule has 4 heteroatoms. The summed E-state index contributed by atoms with van der Waals surface area (Å²) in [5.41, 5.74) is 0. The fourth-order valence-electron chi connectivity index (χ4n) is 1.51. The van der Waals surface area contributed by atoms with Crippen LogP contribution >= 0.6 is 0 Å². The maximum atomic E-state index is 10.8. The van der Waals surface area contributed by atoms with Gasteiger partial charge in [-0.3, -0.25) is 9.59 Å². The van der Waals surface area contributed by atoms with E-state index in [1.165, 1.54) is 0 Å². The van der Waals surface area contributed by atoms with Gasteiger partial charge >= 0.3 is 11.9 Å². The van der Waals surface area contributed by atoms with Gasteiger partial charge < -0.3 is 9.47 Å². The standard InChI is InChI=1S/C12H12O4/c13-11-10(12(14)16-11)7-4-8-15-9-5-2-1-3-6-9/h1-3,5-6,10H,4,7-8H2. The van der Waals surface area contributed by atoms with Crippen LogP contribution in [0.1, 0.15) is 12.8 Å². The first-order valence-electron chi connectivity index (χ1n) is 5.21. The summed E-state index contributed by atoms with van der Waals surface area (Å²) in [4.78, 5) is 21.6. The molecule has 0 amide bonds. The lowest BCUT2D eigenvalue weighted by Crippen LogP contribution is -2.40. The van der Waals surface area contributed by atoms with Crippen molar-refractivity contribution in [3.63, 3.8) is 0 Å². The van der Waals surface area contributed by atoms with Crippen molar-refractivity contribution in [1.29, 1.82) is 0 Å². The molecule has 1 aromatic rings. The quantitative estimate of drug-likeness (QED) is 0.429. The largest absolute Gasteiger partial charge is 0.494 e. The molecular formula is C12H12O4. The Labute approximate surface area is 93.2 Å². The summed E-state index contributed by atoms with van der Waals surface area (Å²) < 4.78 is 9.68. The third-order valence-electron chi connectivity index (χ3n) is 2.42. The zero-order valence-corrected chi connectivity index (χ0v) is 8.72. The Kier molecular flexibility index (Phi) is 3.19. The molecule has 16 heavy (non-hydrogen) atoms. The van der Waals surface area contributed by atoms with E-state index in [4.69, 9.17) is 4.74 Å². The number of hydrogen-bond acceptors (Lipinski definition) is 4. The van der Waals surface area contributed by atoms with E-state index in [1.807, 2.05) is 30.3 Å². The van der Waals surface area contributed by atoms with E-state index >= 15 is 0 Å². The third-order valence-corrected chi connectivity index (χ3v) is 2.42. The molecule has 1 saturated heterocycles. The summed E-state index contributed by atoms with van der Waals surface area (Å²) in [7, 11) is 0. The Morgan fingerprint density at radius 3 is 2.44 bits per heavy atom. The number of cyclic esters (lactones) is 2. The predicted molar refractivity (Wildman–Crippen MR) is 55.8 cm³/mol. The zero-order valence-electron chi connectivity index (χ0n) is 8.72. The summed E-state index contributed by atoms with van der Waals surface area (Å²) >= 11 is 0.